The molecule has 1 aliphatic rings. The molecule has 2 atom stereocenters. The maximum atomic E-state index is 5.54. The predicted octanol–water partition coefficient (Wildman–Crippen LogP) is 2.41. The molecule has 21 heavy (non-hydrogen) atoms. The van der Waals surface area contributed by atoms with Crippen LogP contribution < -0.4 is 10.1 Å². The molecule has 1 heterocycles. The number of rotatable bonds is 6. The van der Waals surface area contributed by atoms with Crippen molar-refractivity contribution in [3.63, 3.8) is 0 Å². The minimum Gasteiger partial charge on any atom is -0.496 e. The molecule has 4 nitrogen and oxygen atoms in total. The van der Waals surface area contributed by atoms with Crippen molar-refractivity contribution in [2.24, 2.45) is 0 Å². The van der Waals surface area contributed by atoms with Crippen LogP contribution in [0.2, 0.25) is 0 Å². The fourth-order valence-electron chi connectivity index (χ4n) is 2.81. The largest absolute Gasteiger partial charge is 0.496 e. The van der Waals surface area contributed by atoms with Gasteiger partial charge in [-0.3, -0.25) is 4.90 Å². The summed E-state index contributed by atoms with van der Waals surface area (Å²) < 4.78 is 11.0. The molecule has 4 heteroatoms. The summed E-state index contributed by atoms with van der Waals surface area (Å²) in [7, 11) is 1.71. The van der Waals surface area contributed by atoms with Gasteiger partial charge in [0.05, 0.1) is 13.7 Å². The van der Waals surface area contributed by atoms with Crippen LogP contribution >= 0.6 is 0 Å². The second kappa shape index (κ2) is 7.78. The van der Waals surface area contributed by atoms with E-state index in [0.717, 1.165) is 37.6 Å². The van der Waals surface area contributed by atoms with Gasteiger partial charge in [-0.25, -0.2) is 0 Å². The highest BCUT2D eigenvalue weighted by Gasteiger charge is 2.22. The van der Waals surface area contributed by atoms with E-state index in [2.05, 4.69) is 42.3 Å². The molecule has 2 unspecified atom stereocenters. The Hall–Kier alpha value is -1.10. The summed E-state index contributed by atoms with van der Waals surface area (Å²) in [5, 5.41) is 3.52. The second-order valence-electron chi connectivity index (χ2n) is 5.87. The lowest BCUT2D eigenvalue weighted by molar-refractivity contribution is 0.130. The molecule has 118 valence electrons. The molecule has 1 saturated heterocycles. The monoisotopic (exact) mass is 292 g/mol. The van der Waals surface area contributed by atoms with Crippen LogP contribution in [0, 0.1) is 0 Å². The lowest BCUT2D eigenvalue weighted by Gasteiger charge is -2.37. The van der Waals surface area contributed by atoms with Gasteiger partial charge in [-0.15, -0.1) is 0 Å². The van der Waals surface area contributed by atoms with Gasteiger partial charge >= 0.3 is 0 Å². The fourth-order valence-corrected chi connectivity index (χ4v) is 2.81. The van der Waals surface area contributed by atoms with Crippen molar-refractivity contribution in [1.29, 1.82) is 0 Å². The van der Waals surface area contributed by atoms with E-state index in [-0.39, 0.29) is 0 Å². The van der Waals surface area contributed by atoms with Crippen molar-refractivity contribution in [1.82, 2.24) is 10.2 Å². The number of piperazine rings is 1. The average Bonchev–Trinajstić information content (AvgIpc) is 2.49. The highest BCUT2D eigenvalue weighted by atomic mass is 16.5. The third kappa shape index (κ3) is 4.43. The van der Waals surface area contributed by atoms with Crippen LogP contribution in [0.15, 0.2) is 18.2 Å². The Morgan fingerprint density at radius 3 is 2.86 bits per heavy atom. The molecule has 1 aliphatic heterocycles. The molecule has 1 N–H and O–H groups in total. The second-order valence-corrected chi connectivity index (χ2v) is 5.87. The zero-order chi connectivity index (χ0) is 15.2. The molecular formula is C17H28N2O2. The lowest BCUT2D eigenvalue weighted by Crippen LogP contribution is -2.53. The summed E-state index contributed by atoms with van der Waals surface area (Å²) in [6.07, 6.45) is 0. The van der Waals surface area contributed by atoms with Crippen LogP contribution in [-0.4, -0.2) is 43.8 Å². The number of nitrogens with one attached hydrogen (secondary N) is 1. The summed E-state index contributed by atoms with van der Waals surface area (Å²) in [5.74, 6) is 0.911. The average molecular weight is 292 g/mol. The van der Waals surface area contributed by atoms with Gasteiger partial charge in [-0.2, -0.15) is 0 Å². The molecule has 1 aromatic rings. The number of hydrogen-bond acceptors (Lipinski definition) is 4. The van der Waals surface area contributed by atoms with Gasteiger partial charge in [0.25, 0.3) is 0 Å². The molecule has 0 spiro atoms. The standard InChI is InChI=1S/C17H28N2O2/c1-5-21-12-16-8-15(6-7-17(16)20-4)11-19-10-13(2)18-9-14(19)3/h6-8,13-14,18H,5,9-12H2,1-4H3. The quantitative estimate of drug-likeness (QED) is 0.873. The van der Waals surface area contributed by atoms with E-state index in [1.807, 2.05) is 6.92 Å². The van der Waals surface area contributed by atoms with E-state index < -0.39 is 0 Å². The first-order chi connectivity index (χ1) is 10.1. The van der Waals surface area contributed by atoms with Crippen molar-refractivity contribution in [3.8, 4) is 5.75 Å². The Bertz CT molecular complexity index is 450. The van der Waals surface area contributed by atoms with Gasteiger partial charge in [0.1, 0.15) is 5.75 Å². The van der Waals surface area contributed by atoms with Crippen LogP contribution in [0.1, 0.15) is 31.9 Å². The number of benzene rings is 1. The van der Waals surface area contributed by atoms with Crippen LogP contribution in [0.3, 0.4) is 0 Å². The van der Waals surface area contributed by atoms with Crippen molar-refractivity contribution in [2.45, 2.75) is 46.0 Å². The number of ether oxygens (including phenoxy) is 2. The number of nitrogens with zero attached hydrogens (tertiary/aromatic N) is 1. The maximum Gasteiger partial charge on any atom is 0.124 e. The Balaban J connectivity index is 2.08. The molecule has 0 bridgehead atoms. The minimum absolute atomic E-state index is 0.558. The van der Waals surface area contributed by atoms with Crippen molar-refractivity contribution < 1.29 is 9.47 Å². The first-order valence-corrected chi connectivity index (χ1v) is 7.85. The van der Waals surface area contributed by atoms with Crippen LogP contribution in [-0.2, 0) is 17.9 Å². The minimum atomic E-state index is 0.558. The normalized spacial score (nSPS) is 23.2. The van der Waals surface area contributed by atoms with Crippen molar-refractivity contribution in [3.05, 3.63) is 29.3 Å². The van der Waals surface area contributed by atoms with Gasteiger partial charge in [-0.05, 0) is 38.5 Å². The zero-order valence-corrected chi connectivity index (χ0v) is 13.7. The Kier molecular flexibility index (Phi) is 6.03. The first kappa shape index (κ1) is 16.3. The summed E-state index contributed by atoms with van der Waals surface area (Å²) in [6, 6.07) is 7.56. The van der Waals surface area contributed by atoms with E-state index in [1.165, 1.54) is 5.56 Å². The predicted molar refractivity (Wildman–Crippen MR) is 85.7 cm³/mol. The molecular weight excluding hydrogens is 264 g/mol. The molecule has 0 aliphatic carbocycles. The maximum absolute atomic E-state index is 5.54. The smallest absolute Gasteiger partial charge is 0.124 e. The molecule has 0 radical (unpaired) electrons. The van der Waals surface area contributed by atoms with Crippen molar-refractivity contribution >= 4 is 0 Å². The van der Waals surface area contributed by atoms with Crippen LogP contribution in [0.5, 0.6) is 5.75 Å². The molecule has 2 rings (SSSR count). The van der Waals surface area contributed by atoms with E-state index in [4.69, 9.17) is 9.47 Å². The Labute approximate surface area is 128 Å². The SMILES string of the molecule is CCOCc1cc(CN2CC(C)NCC2C)ccc1OC. The lowest BCUT2D eigenvalue weighted by atomic mass is 10.1. The zero-order valence-electron chi connectivity index (χ0n) is 13.7. The fraction of sp³-hybridized carbons (Fsp3) is 0.647. The van der Waals surface area contributed by atoms with Gasteiger partial charge in [0.15, 0.2) is 0 Å². The topological polar surface area (TPSA) is 33.7 Å². The Morgan fingerprint density at radius 2 is 2.14 bits per heavy atom. The van der Waals surface area contributed by atoms with Gasteiger partial charge in [0.2, 0.25) is 0 Å². The number of methoxy groups -OCH3 is 1. The Morgan fingerprint density at radius 1 is 1.33 bits per heavy atom. The summed E-state index contributed by atoms with van der Waals surface area (Å²) in [4.78, 5) is 2.54. The molecule has 1 aromatic carbocycles. The number of hydrogen-bond donors (Lipinski definition) is 1. The van der Waals surface area contributed by atoms with Crippen molar-refractivity contribution in [2.75, 3.05) is 26.8 Å². The molecule has 0 amide bonds. The van der Waals surface area contributed by atoms with Gasteiger partial charge < -0.3 is 14.8 Å². The summed E-state index contributed by atoms with van der Waals surface area (Å²) in [5.41, 5.74) is 2.46. The van der Waals surface area contributed by atoms with Crippen LogP contribution in [0.25, 0.3) is 0 Å². The first-order valence-electron chi connectivity index (χ1n) is 7.85. The van der Waals surface area contributed by atoms with E-state index in [1.54, 1.807) is 7.11 Å². The third-order valence-corrected chi connectivity index (χ3v) is 4.09. The summed E-state index contributed by atoms with van der Waals surface area (Å²) >= 11 is 0. The summed E-state index contributed by atoms with van der Waals surface area (Å²) in [6.45, 7) is 11.0. The van der Waals surface area contributed by atoms with E-state index >= 15 is 0 Å². The van der Waals surface area contributed by atoms with Gasteiger partial charge in [0, 0.05) is 43.9 Å². The van der Waals surface area contributed by atoms with Gasteiger partial charge in [-0.1, -0.05) is 6.07 Å². The van der Waals surface area contributed by atoms with Crippen LogP contribution in [0.4, 0.5) is 0 Å². The molecule has 1 fully saturated rings. The highest BCUT2D eigenvalue weighted by Crippen LogP contribution is 2.22. The molecule has 0 aromatic heterocycles. The third-order valence-electron chi connectivity index (χ3n) is 4.09. The highest BCUT2D eigenvalue weighted by molar-refractivity contribution is 5.37. The van der Waals surface area contributed by atoms with E-state index in [9.17, 15) is 0 Å². The van der Waals surface area contributed by atoms with E-state index in [0.29, 0.717) is 18.7 Å². The molecule has 0 saturated carbocycles.